The second kappa shape index (κ2) is 10.5. The molecule has 1 fully saturated rings. The minimum Gasteiger partial charge on any atom is -0.317 e. The third kappa shape index (κ3) is 4.68. The van der Waals surface area contributed by atoms with Crippen LogP contribution in [-0.4, -0.2) is 37.8 Å². The summed E-state index contributed by atoms with van der Waals surface area (Å²) in [6, 6.07) is 24.0. The molecule has 204 valence electrons. The lowest BCUT2D eigenvalue weighted by atomic mass is 9.94. The highest BCUT2D eigenvalue weighted by molar-refractivity contribution is 5.93. The summed E-state index contributed by atoms with van der Waals surface area (Å²) < 4.78 is 2.22. The standard InChI is InChI=1S/C35H34N6/c1-22-19-26(12-11-25(22)20-27-13-18-37-31-9-5-4-7-29(27)31)30-8-6-10-32-35(30)39-33(21-38-32)34-23(2)40-41(24(34)3)28-14-16-36-17-15-28/h4-13,18-19,21,28,36H,14-17,20H2,1-3H3. The first-order chi connectivity index (χ1) is 20.1. The average Bonchev–Trinajstić information content (AvgIpc) is 3.31. The summed E-state index contributed by atoms with van der Waals surface area (Å²) in [5.41, 5.74) is 13.2. The molecule has 41 heavy (non-hydrogen) atoms. The lowest BCUT2D eigenvalue weighted by molar-refractivity contribution is 0.337. The first-order valence-corrected chi connectivity index (χ1v) is 14.5. The van der Waals surface area contributed by atoms with Gasteiger partial charge in [0.15, 0.2) is 0 Å². The molecular formula is C35H34N6. The fourth-order valence-corrected chi connectivity index (χ4v) is 6.40. The van der Waals surface area contributed by atoms with Gasteiger partial charge >= 0.3 is 0 Å². The maximum atomic E-state index is 5.22. The number of benzene rings is 3. The van der Waals surface area contributed by atoms with Crippen molar-refractivity contribution < 1.29 is 0 Å². The van der Waals surface area contributed by atoms with Crippen molar-refractivity contribution in [2.24, 2.45) is 0 Å². The summed E-state index contributed by atoms with van der Waals surface area (Å²) in [5.74, 6) is 0. The number of nitrogens with zero attached hydrogens (tertiary/aromatic N) is 5. The van der Waals surface area contributed by atoms with E-state index in [1.165, 1.54) is 27.8 Å². The molecule has 3 aromatic carbocycles. The number of pyridine rings is 1. The van der Waals surface area contributed by atoms with Gasteiger partial charge in [-0.1, -0.05) is 48.5 Å². The molecule has 1 saturated heterocycles. The molecule has 1 aliphatic heterocycles. The number of nitrogens with one attached hydrogen (secondary N) is 1. The van der Waals surface area contributed by atoms with Crippen LogP contribution in [0.3, 0.4) is 0 Å². The quantitative estimate of drug-likeness (QED) is 0.252. The Morgan fingerprint density at radius 2 is 1.68 bits per heavy atom. The molecule has 1 aliphatic rings. The molecule has 4 heterocycles. The minimum atomic E-state index is 0.430. The van der Waals surface area contributed by atoms with E-state index in [9.17, 15) is 0 Å². The Morgan fingerprint density at radius 1 is 0.854 bits per heavy atom. The van der Waals surface area contributed by atoms with Crippen LogP contribution >= 0.6 is 0 Å². The van der Waals surface area contributed by atoms with Crippen LogP contribution in [0.25, 0.3) is 44.3 Å². The molecule has 0 aliphatic carbocycles. The SMILES string of the molecule is Cc1cc(-c2cccc3ncc(-c4c(C)nn(C5CCNCC5)c4C)nc23)ccc1Cc1ccnc2ccccc12. The molecule has 1 N–H and O–H groups in total. The molecule has 0 amide bonds. The third-order valence-corrected chi connectivity index (χ3v) is 8.58. The maximum Gasteiger partial charge on any atom is 0.0972 e. The lowest BCUT2D eigenvalue weighted by Gasteiger charge is -2.24. The van der Waals surface area contributed by atoms with E-state index in [4.69, 9.17) is 15.1 Å². The molecule has 0 unspecified atom stereocenters. The van der Waals surface area contributed by atoms with Crippen molar-refractivity contribution in [1.29, 1.82) is 0 Å². The molecule has 3 aromatic heterocycles. The van der Waals surface area contributed by atoms with Crippen LogP contribution < -0.4 is 5.32 Å². The smallest absolute Gasteiger partial charge is 0.0972 e. The van der Waals surface area contributed by atoms with E-state index in [0.717, 1.165) is 77.0 Å². The zero-order valence-electron chi connectivity index (χ0n) is 23.9. The average molecular weight is 539 g/mol. The minimum absolute atomic E-state index is 0.430. The first-order valence-electron chi connectivity index (χ1n) is 14.5. The highest BCUT2D eigenvalue weighted by atomic mass is 15.3. The Balaban J connectivity index is 1.25. The van der Waals surface area contributed by atoms with Gasteiger partial charge in [-0.2, -0.15) is 5.10 Å². The number of aryl methyl sites for hydroxylation is 2. The molecule has 6 aromatic rings. The van der Waals surface area contributed by atoms with Crippen molar-refractivity contribution in [3.05, 3.63) is 107 Å². The number of piperidine rings is 1. The Morgan fingerprint density at radius 3 is 2.54 bits per heavy atom. The fourth-order valence-electron chi connectivity index (χ4n) is 6.40. The van der Waals surface area contributed by atoms with Crippen molar-refractivity contribution >= 4 is 21.9 Å². The van der Waals surface area contributed by atoms with Gasteiger partial charge < -0.3 is 5.32 Å². The summed E-state index contributed by atoms with van der Waals surface area (Å²) in [4.78, 5) is 14.6. The summed E-state index contributed by atoms with van der Waals surface area (Å²) in [6.07, 6.45) is 6.88. The van der Waals surface area contributed by atoms with Gasteiger partial charge in [0.25, 0.3) is 0 Å². The molecule has 0 saturated carbocycles. The monoisotopic (exact) mass is 538 g/mol. The number of aromatic nitrogens is 5. The highest BCUT2D eigenvalue weighted by Crippen LogP contribution is 2.34. The van der Waals surface area contributed by atoms with Gasteiger partial charge in [0.1, 0.15) is 0 Å². The lowest BCUT2D eigenvalue weighted by Crippen LogP contribution is -2.30. The van der Waals surface area contributed by atoms with Gasteiger partial charge in [-0.05, 0) is 93.6 Å². The van der Waals surface area contributed by atoms with Gasteiger partial charge in [0.2, 0.25) is 0 Å². The van der Waals surface area contributed by atoms with Crippen molar-refractivity contribution in [2.75, 3.05) is 13.1 Å². The van der Waals surface area contributed by atoms with E-state index < -0.39 is 0 Å². The van der Waals surface area contributed by atoms with E-state index in [1.807, 2.05) is 24.5 Å². The van der Waals surface area contributed by atoms with E-state index in [1.54, 1.807) is 0 Å². The van der Waals surface area contributed by atoms with E-state index in [-0.39, 0.29) is 0 Å². The van der Waals surface area contributed by atoms with Gasteiger partial charge in [-0.25, -0.2) is 4.98 Å². The van der Waals surface area contributed by atoms with Gasteiger partial charge in [0, 0.05) is 28.4 Å². The predicted octanol–water partition coefficient (Wildman–Crippen LogP) is 7.15. The molecule has 0 spiro atoms. The van der Waals surface area contributed by atoms with Crippen LogP contribution in [0.1, 0.15) is 47.0 Å². The Bertz CT molecular complexity index is 1890. The zero-order chi connectivity index (χ0) is 27.9. The van der Waals surface area contributed by atoms with Gasteiger partial charge in [0.05, 0.1) is 40.2 Å². The topological polar surface area (TPSA) is 68.5 Å². The second-order valence-corrected chi connectivity index (χ2v) is 11.2. The van der Waals surface area contributed by atoms with Crippen LogP contribution in [0.15, 0.2) is 79.1 Å². The summed E-state index contributed by atoms with van der Waals surface area (Å²) >= 11 is 0. The fraction of sp³-hybridized carbons (Fsp3) is 0.257. The van der Waals surface area contributed by atoms with Crippen LogP contribution in [0.2, 0.25) is 0 Å². The Kier molecular flexibility index (Phi) is 6.56. The predicted molar refractivity (Wildman–Crippen MR) is 166 cm³/mol. The number of fused-ring (bicyclic) bond motifs is 2. The zero-order valence-corrected chi connectivity index (χ0v) is 23.9. The maximum absolute atomic E-state index is 5.22. The number of hydrogen-bond donors (Lipinski definition) is 1. The molecule has 0 radical (unpaired) electrons. The largest absolute Gasteiger partial charge is 0.317 e. The molecule has 7 rings (SSSR count). The van der Waals surface area contributed by atoms with Gasteiger partial charge in [-0.3, -0.25) is 14.6 Å². The number of rotatable bonds is 5. The Labute approximate surface area is 240 Å². The number of para-hydroxylation sites is 2. The Hall–Kier alpha value is -4.42. The van der Waals surface area contributed by atoms with E-state index in [2.05, 4.69) is 90.4 Å². The van der Waals surface area contributed by atoms with Gasteiger partial charge in [-0.15, -0.1) is 0 Å². The van der Waals surface area contributed by atoms with Crippen molar-refractivity contribution in [1.82, 2.24) is 30.0 Å². The summed E-state index contributed by atoms with van der Waals surface area (Å²) in [7, 11) is 0. The third-order valence-electron chi connectivity index (χ3n) is 8.58. The second-order valence-electron chi connectivity index (χ2n) is 11.2. The van der Waals surface area contributed by atoms with Crippen LogP contribution in [0, 0.1) is 20.8 Å². The van der Waals surface area contributed by atoms with Crippen LogP contribution in [-0.2, 0) is 6.42 Å². The molecule has 0 bridgehead atoms. The number of hydrogen-bond acceptors (Lipinski definition) is 5. The van der Waals surface area contributed by atoms with Crippen LogP contribution in [0.5, 0.6) is 0 Å². The van der Waals surface area contributed by atoms with E-state index in [0.29, 0.717) is 6.04 Å². The van der Waals surface area contributed by atoms with E-state index >= 15 is 0 Å². The molecular weight excluding hydrogens is 504 g/mol. The summed E-state index contributed by atoms with van der Waals surface area (Å²) in [6.45, 7) is 8.53. The molecule has 6 nitrogen and oxygen atoms in total. The summed E-state index contributed by atoms with van der Waals surface area (Å²) in [5, 5.41) is 9.63. The normalized spacial score (nSPS) is 14.2. The van der Waals surface area contributed by atoms with Crippen molar-refractivity contribution in [3.63, 3.8) is 0 Å². The molecule has 0 atom stereocenters. The highest BCUT2D eigenvalue weighted by Gasteiger charge is 2.23. The molecule has 6 heteroatoms. The van der Waals surface area contributed by atoms with Crippen molar-refractivity contribution in [3.8, 4) is 22.4 Å². The van der Waals surface area contributed by atoms with Crippen molar-refractivity contribution in [2.45, 2.75) is 46.1 Å². The van der Waals surface area contributed by atoms with Crippen LogP contribution in [0.4, 0.5) is 0 Å². The first kappa shape index (κ1) is 25.5.